The lowest BCUT2D eigenvalue weighted by Crippen LogP contribution is -2.20. The summed E-state index contributed by atoms with van der Waals surface area (Å²) in [6.45, 7) is 0.928. The fourth-order valence-corrected chi connectivity index (χ4v) is 0.712. The van der Waals surface area contributed by atoms with E-state index in [1.54, 1.807) is 0 Å². The van der Waals surface area contributed by atoms with Crippen molar-refractivity contribution < 1.29 is 10.3 Å². The number of carbonyl (C=O) groups is 1. The molecule has 0 bridgehead atoms. The first-order valence-electron chi connectivity index (χ1n) is 4.47. The largest absolute Gasteiger partial charge is 0.300 e. The van der Waals surface area contributed by atoms with Crippen LogP contribution in [0, 0.1) is 5.89 Å². The maximum Gasteiger partial charge on any atom is 0.133 e. The molecule has 0 N–H and O–H groups in total. The van der Waals surface area contributed by atoms with Crippen LogP contribution >= 0.6 is 0 Å². The quantitative estimate of drug-likeness (QED) is 0.472. The highest BCUT2D eigenvalue weighted by molar-refractivity contribution is 5.80. The van der Waals surface area contributed by atoms with Crippen LogP contribution < -0.4 is 0 Å². The van der Waals surface area contributed by atoms with Crippen LogP contribution in [0.25, 0.3) is 0 Å². The maximum atomic E-state index is 11.1. The van der Waals surface area contributed by atoms with Gasteiger partial charge in [-0.05, 0) is 19.7 Å². The van der Waals surface area contributed by atoms with Gasteiger partial charge < -0.3 is 0 Å². The average Bonchev–Trinajstić information content (AvgIpc) is 1.81. The van der Waals surface area contributed by atoms with E-state index in [1.807, 2.05) is 0 Å². The first kappa shape index (κ1) is 2.34. The van der Waals surface area contributed by atoms with Crippen LogP contribution in [-0.2, 0) is 4.79 Å². The number of hydrogen-bond acceptors (Lipinski definition) is 1. The normalized spacial score (nSPS) is 33.2. The van der Waals surface area contributed by atoms with Crippen molar-refractivity contribution in [3.63, 3.8) is 0 Å². The first-order chi connectivity index (χ1) is 5.26. The molecule has 0 heterocycles. The molecule has 44 valence electrons. The number of rotatable bonds is 1. The molecule has 0 aromatic rings. The summed E-state index contributed by atoms with van der Waals surface area (Å²) in [6.07, 6.45) is 0.397. The van der Waals surface area contributed by atoms with Gasteiger partial charge in [-0.2, -0.15) is 0 Å². The van der Waals surface area contributed by atoms with Gasteiger partial charge in [-0.3, -0.25) is 4.79 Å². The second kappa shape index (κ2) is 1.73. The molecule has 0 saturated heterocycles. The number of hydrogen-bond donors (Lipinski definition) is 0. The summed E-state index contributed by atoms with van der Waals surface area (Å²) in [5.74, 6) is -2.37. The van der Waals surface area contributed by atoms with Gasteiger partial charge in [-0.1, -0.05) is 12.2 Å². The minimum Gasteiger partial charge on any atom is -0.300 e. The summed E-state index contributed by atoms with van der Waals surface area (Å²) in [5.41, 5.74) is 0.780. The van der Waals surface area contributed by atoms with E-state index in [4.69, 9.17) is 5.48 Å². The van der Waals surface area contributed by atoms with Gasteiger partial charge in [0.2, 0.25) is 0 Å². The molecule has 1 rings (SSSR count). The summed E-state index contributed by atoms with van der Waals surface area (Å²) in [5, 5.41) is 0. The highest BCUT2D eigenvalue weighted by Crippen LogP contribution is 2.31. The number of allylic oxidation sites excluding steroid dienone is 1. The van der Waals surface area contributed by atoms with Crippen LogP contribution in [0.15, 0.2) is 12.2 Å². The Labute approximate surface area is 55.0 Å². The maximum absolute atomic E-state index is 11.1. The molecular weight excluding hydrogens is 100 g/mol. The van der Waals surface area contributed by atoms with Crippen molar-refractivity contribution in [1.29, 1.82) is 0 Å². The molecule has 0 radical (unpaired) electrons. The predicted molar refractivity (Wildman–Crippen MR) is 32.5 cm³/mol. The second-order valence-corrected chi connectivity index (χ2v) is 2.04. The molecule has 1 heteroatoms. The van der Waals surface area contributed by atoms with Crippen molar-refractivity contribution in [3.8, 4) is 0 Å². The highest BCUT2D eigenvalue weighted by atomic mass is 16.1. The van der Waals surface area contributed by atoms with E-state index in [2.05, 4.69) is 6.58 Å². The Bertz CT molecular complexity index is 232. The minimum absolute atomic E-state index is 0.199. The molecule has 0 atom stereocenters. The Morgan fingerprint density at radius 1 is 2.12 bits per heavy atom. The van der Waals surface area contributed by atoms with Crippen LogP contribution in [0.4, 0.5) is 0 Å². The van der Waals surface area contributed by atoms with Gasteiger partial charge in [0, 0.05) is 11.4 Å². The average molecular weight is 114 g/mol. The SMILES string of the molecule is [2H]C([2H])([2H])C(=O)C1([2H])CC(=C)C1. The van der Waals surface area contributed by atoms with Gasteiger partial charge in [0.15, 0.2) is 0 Å². The van der Waals surface area contributed by atoms with E-state index in [0.29, 0.717) is 0 Å². The number of carbonyl (C=O) groups excluding carboxylic acids is 1. The first-order valence-corrected chi connectivity index (χ1v) is 2.47. The summed E-state index contributed by atoms with van der Waals surface area (Å²) in [4.78, 5) is 11.1. The van der Waals surface area contributed by atoms with Crippen molar-refractivity contribution in [1.82, 2.24) is 0 Å². The number of Topliss-reactive ketones (excluding diaryl/α,β-unsaturated/α-hetero) is 1. The van der Waals surface area contributed by atoms with Gasteiger partial charge in [-0.25, -0.2) is 0 Å². The lowest BCUT2D eigenvalue weighted by Gasteiger charge is -2.25. The summed E-state index contributed by atoms with van der Waals surface area (Å²) in [6, 6.07) is 0. The third-order valence-corrected chi connectivity index (χ3v) is 1.25. The molecule has 0 aromatic carbocycles. The van der Waals surface area contributed by atoms with Crippen molar-refractivity contribution in [3.05, 3.63) is 12.2 Å². The second-order valence-electron chi connectivity index (χ2n) is 2.04. The van der Waals surface area contributed by atoms with E-state index in [1.165, 1.54) is 0 Å². The monoisotopic (exact) mass is 114 g/mol. The Morgan fingerprint density at radius 2 is 2.75 bits per heavy atom. The van der Waals surface area contributed by atoms with E-state index >= 15 is 0 Å². The van der Waals surface area contributed by atoms with Crippen molar-refractivity contribution in [2.45, 2.75) is 19.7 Å². The van der Waals surface area contributed by atoms with E-state index in [0.717, 1.165) is 5.57 Å². The van der Waals surface area contributed by atoms with Crippen LogP contribution in [-0.4, -0.2) is 5.78 Å². The number of ketones is 1. The Balaban J connectivity index is 2.72. The Kier molecular flexibility index (Phi) is 0.506. The zero-order valence-electron chi connectivity index (χ0n) is 8.53. The van der Waals surface area contributed by atoms with Gasteiger partial charge >= 0.3 is 0 Å². The third kappa shape index (κ3) is 0.808. The molecule has 1 saturated carbocycles. The molecule has 1 aliphatic rings. The summed E-state index contributed by atoms with van der Waals surface area (Å²) >= 11 is 0. The Morgan fingerprint density at radius 3 is 3.12 bits per heavy atom. The van der Waals surface area contributed by atoms with Crippen molar-refractivity contribution in [2.75, 3.05) is 0 Å². The minimum atomic E-state index is -2.64. The van der Waals surface area contributed by atoms with Crippen molar-refractivity contribution >= 4 is 5.78 Å². The molecule has 8 heavy (non-hydrogen) atoms. The molecule has 0 amide bonds. The topological polar surface area (TPSA) is 17.1 Å². The smallest absolute Gasteiger partial charge is 0.133 e. The van der Waals surface area contributed by atoms with E-state index in [-0.39, 0.29) is 12.8 Å². The molecule has 0 aromatic heterocycles. The van der Waals surface area contributed by atoms with Crippen LogP contribution in [0.2, 0.25) is 0 Å². The van der Waals surface area contributed by atoms with Gasteiger partial charge in [0.1, 0.15) is 5.78 Å². The highest BCUT2D eigenvalue weighted by Gasteiger charge is 2.24. The molecule has 0 unspecified atom stereocenters. The molecule has 0 aliphatic heterocycles. The standard InChI is InChI=1S/C7H10O/c1-5-3-7(4-5)6(2)8/h7H,1,3-4H2,2H3/i2D3,7D. The molecule has 1 nitrogen and oxygen atoms in total. The van der Waals surface area contributed by atoms with Crippen LogP contribution in [0.1, 0.15) is 25.2 Å². The lowest BCUT2D eigenvalue weighted by molar-refractivity contribution is -0.121. The third-order valence-electron chi connectivity index (χ3n) is 1.25. The molecule has 1 fully saturated rings. The van der Waals surface area contributed by atoms with Gasteiger partial charge in [-0.15, -0.1) is 0 Å². The molecule has 1 aliphatic carbocycles. The Hall–Kier alpha value is -0.590. The fourth-order valence-electron chi connectivity index (χ4n) is 0.712. The summed E-state index contributed by atoms with van der Waals surface area (Å²) in [7, 11) is 0. The fraction of sp³-hybridized carbons (Fsp3) is 0.571. The predicted octanol–water partition coefficient (Wildman–Crippen LogP) is 1.54. The van der Waals surface area contributed by atoms with E-state index < -0.39 is 18.5 Å². The molecule has 0 spiro atoms. The van der Waals surface area contributed by atoms with Gasteiger partial charge in [0.25, 0.3) is 0 Å². The van der Waals surface area contributed by atoms with Crippen LogP contribution in [0.3, 0.4) is 0 Å². The lowest BCUT2D eigenvalue weighted by atomic mass is 9.79. The van der Waals surface area contributed by atoms with Gasteiger partial charge in [0.05, 0.1) is 0 Å². The van der Waals surface area contributed by atoms with Crippen LogP contribution in [0.5, 0.6) is 0 Å². The zero-order chi connectivity index (χ0) is 9.57. The van der Waals surface area contributed by atoms with Crippen molar-refractivity contribution in [2.24, 2.45) is 5.89 Å². The zero-order valence-corrected chi connectivity index (χ0v) is 4.53. The molecular formula is C7H10O. The van der Waals surface area contributed by atoms with E-state index in [9.17, 15) is 4.79 Å². The summed E-state index contributed by atoms with van der Waals surface area (Å²) < 4.78 is 28.0.